The monoisotopic (exact) mass is 229 g/mol. The number of halogens is 2. The van der Waals surface area contributed by atoms with Crippen molar-refractivity contribution in [2.45, 2.75) is 39.4 Å². The second-order valence-electron chi connectivity index (χ2n) is 3.89. The summed E-state index contributed by atoms with van der Waals surface area (Å²) in [5, 5.41) is 0. The van der Waals surface area contributed by atoms with E-state index in [0.29, 0.717) is 6.42 Å². The first-order valence-corrected chi connectivity index (χ1v) is 9.33. The number of nitrogens with zero attached hydrogens (tertiary/aromatic N) is 1. The van der Waals surface area contributed by atoms with Crippen LogP contribution in [-0.2, 0) is 4.52 Å². The standard InChI is InChI=1S/C7H18F2NOPSi/c1-5-6-7-11-12(8,9)10-13(2,3)4/h5-7H2,1-4H3. The van der Waals surface area contributed by atoms with E-state index in [1.807, 2.05) is 6.92 Å². The molecule has 0 saturated carbocycles. The summed E-state index contributed by atoms with van der Waals surface area (Å²) in [6.07, 6.45) is 1.55. The Labute approximate surface area is 80.2 Å². The van der Waals surface area contributed by atoms with Crippen LogP contribution in [0.3, 0.4) is 0 Å². The molecular formula is C7H18F2NOPSi. The van der Waals surface area contributed by atoms with Crippen LogP contribution in [0.4, 0.5) is 8.39 Å². The molecule has 0 aromatic heterocycles. The van der Waals surface area contributed by atoms with Crippen LogP contribution in [0.15, 0.2) is 4.41 Å². The maximum Gasteiger partial charge on any atom is 0.423 e. The fourth-order valence-corrected chi connectivity index (χ4v) is 4.07. The van der Waals surface area contributed by atoms with Crippen molar-refractivity contribution in [3.8, 4) is 0 Å². The molecule has 0 atom stereocenters. The van der Waals surface area contributed by atoms with Gasteiger partial charge in [-0.05, 0) is 26.1 Å². The molecule has 0 spiro atoms. The first-order chi connectivity index (χ1) is 5.77. The molecule has 0 heterocycles. The second-order valence-corrected chi connectivity index (χ2v) is 10.2. The summed E-state index contributed by atoms with van der Waals surface area (Å²) in [5.74, 6) is 0. The van der Waals surface area contributed by atoms with Crippen LogP contribution >= 0.6 is 7.90 Å². The molecule has 0 bridgehead atoms. The van der Waals surface area contributed by atoms with Crippen LogP contribution in [0.25, 0.3) is 0 Å². The van der Waals surface area contributed by atoms with E-state index in [2.05, 4.69) is 8.93 Å². The molecule has 0 aromatic rings. The van der Waals surface area contributed by atoms with E-state index >= 15 is 0 Å². The Morgan fingerprint density at radius 3 is 2.23 bits per heavy atom. The molecule has 0 aliphatic heterocycles. The molecule has 6 heteroatoms. The molecule has 0 amide bonds. The predicted molar refractivity (Wildman–Crippen MR) is 55.8 cm³/mol. The average molecular weight is 229 g/mol. The van der Waals surface area contributed by atoms with Gasteiger partial charge in [0.05, 0.1) is 6.61 Å². The first-order valence-electron chi connectivity index (χ1n) is 4.44. The van der Waals surface area contributed by atoms with Gasteiger partial charge < -0.3 is 0 Å². The Balaban J connectivity index is 4.14. The zero-order valence-electron chi connectivity index (χ0n) is 8.68. The highest BCUT2D eigenvalue weighted by Gasteiger charge is 2.24. The maximum absolute atomic E-state index is 13.0. The van der Waals surface area contributed by atoms with Crippen LogP contribution in [-0.4, -0.2) is 14.8 Å². The molecule has 0 rings (SSSR count). The molecule has 13 heavy (non-hydrogen) atoms. The number of rotatable bonds is 5. The summed E-state index contributed by atoms with van der Waals surface area (Å²) in [7, 11) is -6.46. The van der Waals surface area contributed by atoms with Gasteiger partial charge in [0, 0.05) is 0 Å². The van der Waals surface area contributed by atoms with Crippen LogP contribution < -0.4 is 0 Å². The van der Waals surface area contributed by atoms with Crippen molar-refractivity contribution in [3.63, 3.8) is 0 Å². The summed E-state index contributed by atoms with van der Waals surface area (Å²) in [6, 6.07) is 0. The minimum absolute atomic E-state index is 0.130. The normalized spacial score (nSPS) is 13.1. The van der Waals surface area contributed by atoms with Crippen molar-refractivity contribution in [1.82, 2.24) is 0 Å². The lowest BCUT2D eigenvalue weighted by Gasteiger charge is -2.13. The lowest BCUT2D eigenvalue weighted by Crippen LogP contribution is -2.15. The fraction of sp³-hybridized carbons (Fsp3) is 1.00. The first kappa shape index (κ1) is 13.3. The topological polar surface area (TPSA) is 21.6 Å². The Kier molecular flexibility index (Phi) is 5.33. The predicted octanol–water partition coefficient (Wildman–Crippen LogP) is 4.52. The van der Waals surface area contributed by atoms with E-state index in [4.69, 9.17) is 0 Å². The van der Waals surface area contributed by atoms with Crippen molar-refractivity contribution >= 4 is 16.1 Å². The Hall–Kier alpha value is 0.267. The summed E-state index contributed by atoms with van der Waals surface area (Å²) in [6.45, 7) is 7.42. The molecule has 0 aliphatic carbocycles. The largest absolute Gasteiger partial charge is 0.423 e. The van der Waals surface area contributed by atoms with Crippen LogP contribution in [0, 0.1) is 0 Å². The van der Waals surface area contributed by atoms with Gasteiger partial charge in [0.1, 0.15) is 0 Å². The fourth-order valence-electron chi connectivity index (χ4n) is 0.697. The molecule has 0 aliphatic rings. The highest BCUT2D eigenvalue weighted by atomic mass is 31.2. The van der Waals surface area contributed by atoms with Gasteiger partial charge in [-0.1, -0.05) is 13.3 Å². The van der Waals surface area contributed by atoms with Crippen LogP contribution in [0.5, 0.6) is 0 Å². The van der Waals surface area contributed by atoms with Crippen molar-refractivity contribution in [3.05, 3.63) is 0 Å². The second kappa shape index (κ2) is 5.22. The lowest BCUT2D eigenvalue weighted by atomic mass is 10.4. The van der Waals surface area contributed by atoms with Crippen LogP contribution in [0.2, 0.25) is 19.6 Å². The molecule has 80 valence electrons. The molecule has 2 nitrogen and oxygen atoms in total. The van der Waals surface area contributed by atoms with Gasteiger partial charge in [-0.25, -0.2) is 0 Å². The molecule has 0 radical (unpaired) electrons. The van der Waals surface area contributed by atoms with E-state index in [1.165, 1.54) is 0 Å². The third-order valence-electron chi connectivity index (χ3n) is 1.16. The van der Waals surface area contributed by atoms with Gasteiger partial charge in [-0.3, -0.25) is 8.93 Å². The van der Waals surface area contributed by atoms with Gasteiger partial charge in [0.25, 0.3) is 0 Å². The van der Waals surface area contributed by atoms with Crippen molar-refractivity contribution in [2.24, 2.45) is 4.41 Å². The summed E-state index contributed by atoms with van der Waals surface area (Å²) in [5.41, 5.74) is 0. The number of hydrogen-bond acceptors (Lipinski definition) is 2. The van der Waals surface area contributed by atoms with Crippen molar-refractivity contribution in [2.75, 3.05) is 6.61 Å². The Morgan fingerprint density at radius 1 is 1.31 bits per heavy atom. The molecule has 0 unspecified atom stereocenters. The van der Waals surface area contributed by atoms with Crippen LogP contribution in [0.1, 0.15) is 19.8 Å². The van der Waals surface area contributed by atoms with Gasteiger partial charge in [-0.15, -0.1) is 8.39 Å². The van der Waals surface area contributed by atoms with E-state index in [-0.39, 0.29) is 6.61 Å². The zero-order valence-corrected chi connectivity index (χ0v) is 10.6. The lowest BCUT2D eigenvalue weighted by molar-refractivity contribution is 0.292. The molecule has 0 fully saturated rings. The smallest absolute Gasteiger partial charge is 0.297 e. The van der Waals surface area contributed by atoms with Gasteiger partial charge in [0.15, 0.2) is 8.24 Å². The number of hydrogen-bond donors (Lipinski definition) is 0. The maximum atomic E-state index is 13.0. The molecule has 0 saturated heterocycles. The van der Waals surface area contributed by atoms with Gasteiger partial charge in [-0.2, -0.15) is 0 Å². The molecular weight excluding hydrogens is 211 g/mol. The van der Waals surface area contributed by atoms with Crippen molar-refractivity contribution < 1.29 is 12.9 Å². The molecule has 0 aromatic carbocycles. The highest BCUT2D eigenvalue weighted by molar-refractivity contribution is 7.51. The number of unbranched alkanes of at least 4 members (excludes halogenated alkanes) is 1. The van der Waals surface area contributed by atoms with Crippen molar-refractivity contribution in [1.29, 1.82) is 0 Å². The minimum Gasteiger partial charge on any atom is -0.297 e. The zero-order chi connectivity index (χ0) is 10.5. The quantitative estimate of drug-likeness (QED) is 0.386. The van der Waals surface area contributed by atoms with E-state index < -0.39 is 16.1 Å². The third-order valence-corrected chi connectivity index (χ3v) is 4.99. The summed E-state index contributed by atoms with van der Waals surface area (Å²) in [4.78, 5) is 0. The van der Waals surface area contributed by atoms with E-state index in [9.17, 15) is 8.39 Å². The summed E-state index contributed by atoms with van der Waals surface area (Å²) >= 11 is 0. The minimum atomic E-state index is -4.41. The van der Waals surface area contributed by atoms with Gasteiger partial charge >= 0.3 is 7.90 Å². The molecule has 0 N–H and O–H groups in total. The summed E-state index contributed by atoms with van der Waals surface area (Å²) < 4.78 is 34.0. The Morgan fingerprint density at radius 2 is 1.85 bits per heavy atom. The SMILES string of the molecule is CCCCOP(F)(F)=N[Si](C)(C)C. The highest BCUT2D eigenvalue weighted by Crippen LogP contribution is 2.55. The van der Waals surface area contributed by atoms with Gasteiger partial charge in [0.2, 0.25) is 0 Å². The Bertz CT molecular complexity index is 199. The average Bonchev–Trinajstić information content (AvgIpc) is 1.81. The van der Waals surface area contributed by atoms with E-state index in [0.717, 1.165) is 6.42 Å². The third kappa shape index (κ3) is 8.59. The van der Waals surface area contributed by atoms with E-state index in [1.54, 1.807) is 19.6 Å².